The number of hydrogen-bond donors (Lipinski definition) is 1. The molecule has 3 atom stereocenters. The summed E-state index contributed by atoms with van der Waals surface area (Å²) < 4.78 is 16.4. The lowest BCUT2D eigenvalue weighted by Crippen LogP contribution is -2.36. The van der Waals surface area contributed by atoms with Crippen LogP contribution < -0.4 is 20.0 Å². The molecule has 12 heterocycles. The first-order valence-electron chi connectivity index (χ1n) is 35.0. The van der Waals surface area contributed by atoms with Crippen molar-refractivity contribution in [2.75, 3.05) is 113 Å². The van der Waals surface area contributed by atoms with Gasteiger partial charge in [-0.2, -0.15) is 0 Å². The number of allylic oxidation sites excluding steroid dienone is 3. The number of amidine groups is 1. The molecule has 5 fully saturated rings. The largest absolute Gasteiger partial charge is 0.378 e. The number of fused-ring (bicyclic) bond motifs is 3. The SMILES string of the molecule is C1=C(c2cnc(C3=NC[C@H](c4ccccc4)N3)nc2)c2cc(N3CCOCC3)cnc2C1.O=C(c1ncc(C2=CCc3ncc(N4CCOCC4)cc32)cn1)N1CCC[C@@H]1c1ccccc1.O=C(c1ncc(C2=CCc3ncc(N4CCOCC4)cc32)cn1)N1CCC[C@H]1c1ccccc1. The van der Waals surface area contributed by atoms with Crippen LogP contribution in [0, 0.1) is 0 Å². The van der Waals surface area contributed by atoms with Crippen molar-refractivity contribution in [1.29, 1.82) is 0 Å². The first kappa shape index (κ1) is 64.0. The number of aliphatic imine (C=N–C) groups is 1. The van der Waals surface area contributed by atoms with Crippen LogP contribution in [-0.2, 0) is 33.5 Å². The van der Waals surface area contributed by atoms with Crippen molar-refractivity contribution in [3.8, 4) is 0 Å². The molecule has 6 aromatic heterocycles. The first-order valence-corrected chi connectivity index (χ1v) is 35.0. The Morgan fingerprint density at radius 1 is 0.400 bits per heavy atom. The number of hydrogen-bond acceptors (Lipinski definition) is 19. The van der Waals surface area contributed by atoms with E-state index >= 15 is 0 Å². The minimum atomic E-state index is -0.102. The number of rotatable bonds is 12. The van der Waals surface area contributed by atoms with E-state index in [-0.39, 0.29) is 41.6 Å². The summed E-state index contributed by atoms with van der Waals surface area (Å²) >= 11 is 0. The van der Waals surface area contributed by atoms with E-state index in [9.17, 15) is 9.59 Å². The molecule has 1 N–H and O–H groups in total. The van der Waals surface area contributed by atoms with Gasteiger partial charge < -0.3 is 44.0 Å². The third kappa shape index (κ3) is 13.6. The molecule has 0 spiro atoms. The number of carbonyl (C=O) groups excluding carboxylic acids is 2. The highest BCUT2D eigenvalue weighted by Crippen LogP contribution is 2.39. The lowest BCUT2D eigenvalue weighted by molar-refractivity contribution is 0.0715. The Morgan fingerprint density at radius 2 is 0.750 bits per heavy atom. The number of pyridine rings is 3. The third-order valence-electron chi connectivity index (χ3n) is 20.2. The fourth-order valence-electron chi connectivity index (χ4n) is 14.9. The molecule has 6 aliphatic heterocycles. The van der Waals surface area contributed by atoms with E-state index in [0.717, 1.165) is 221 Å². The highest BCUT2D eigenvalue weighted by atomic mass is 16.5. The minimum Gasteiger partial charge on any atom is -0.378 e. The summed E-state index contributed by atoms with van der Waals surface area (Å²) in [5.41, 5.74) is 19.7. The van der Waals surface area contributed by atoms with Gasteiger partial charge in [-0.05, 0) is 77.3 Å². The number of ether oxygens (including phenoxy) is 3. The number of amides is 2. The highest BCUT2D eigenvalue weighted by molar-refractivity contribution is 5.97. The molecule has 18 rings (SSSR count). The normalized spacial score (nSPS) is 19.8. The summed E-state index contributed by atoms with van der Waals surface area (Å²) in [5, 5.41) is 3.46. The Balaban J connectivity index is 0.000000117. The van der Waals surface area contributed by atoms with Crippen molar-refractivity contribution in [3.63, 3.8) is 0 Å². The van der Waals surface area contributed by atoms with Crippen LogP contribution in [0.15, 0.2) is 188 Å². The summed E-state index contributed by atoms with van der Waals surface area (Å²) in [6.07, 6.45) is 29.7. The Labute approximate surface area is 581 Å². The minimum absolute atomic E-state index is 0.0890. The molecule has 5 saturated heterocycles. The van der Waals surface area contributed by atoms with E-state index in [1.54, 1.807) is 24.8 Å². The number of nitrogens with one attached hydrogen (secondary N) is 1. The van der Waals surface area contributed by atoms with Gasteiger partial charge in [-0.25, -0.2) is 29.9 Å². The summed E-state index contributed by atoms with van der Waals surface area (Å²) in [4.78, 5) is 83.2. The zero-order valence-electron chi connectivity index (χ0n) is 55.9. The molecule has 504 valence electrons. The van der Waals surface area contributed by atoms with Crippen molar-refractivity contribution < 1.29 is 23.8 Å². The second-order valence-electron chi connectivity index (χ2n) is 26.1. The molecule has 0 bridgehead atoms. The van der Waals surface area contributed by atoms with Crippen LogP contribution in [0.25, 0.3) is 16.7 Å². The van der Waals surface area contributed by atoms with Crippen LogP contribution in [0.1, 0.15) is 138 Å². The second-order valence-corrected chi connectivity index (χ2v) is 26.1. The molecule has 0 saturated carbocycles. The van der Waals surface area contributed by atoms with Crippen LogP contribution in [-0.4, -0.2) is 171 Å². The number of likely N-dealkylation sites (tertiary alicyclic amines) is 2. The van der Waals surface area contributed by atoms with Gasteiger partial charge in [0.15, 0.2) is 11.7 Å². The number of carbonyl (C=O) groups is 2. The zero-order valence-corrected chi connectivity index (χ0v) is 55.9. The molecule has 0 unspecified atom stereocenters. The predicted octanol–water partition coefficient (Wildman–Crippen LogP) is 10.1. The predicted molar refractivity (Wildman–Crippen MR) is 383 cm³/mol. The zero-order chi connectivity index (χ0) is 67.1. The number of aromatic nitrogens is 9. The summed E-state index contributed by atoms with van der Waals surface area (Å²) in [5.74, 6) is 1.69. The third-order valence-corrected chi connectivity index (χ3v) is 20.2. The summed E-state index contributed by atoms with van der Waals surface area (Å²) in [6, 6.07) is 37.8. The number of anilines is 3. The fraction of sp³-hybridized carbons (Fsp3) is 0.316. The molecule has 21 heteroatoms. The Hall–Kier alpha value is -10.7. The Morgan fingerprint density at radius 3 is 1.12 bits per heavy atom. The van der Waals surface area contributed by atoms with Gasteiger partial charge in [0.1, 0.15) is 0 Å². The van der Waals surface area contributed by atoms with Crippen LogP contribution >= 0.6 is 0 Å². The lowest BCUT2D eigenvalue weighted by atomic mass is 10.0. The second kappa shape index (κ2) is 29.4. The number of benzene rings is 3. The van der Waals surface area contributed by atoms with Gasteiger partial charge in [-0.15, -0.1) is 0 Å². The van der Waals surface area contributed by atoms with Crippen LogP contribution in [0.5, 0.6) is 0 Å². The van der Waals surface area contributed by atoms with E-state index in [1.807, 2.05) is 95.4 Å². The van der Waals surface area contributed by atoms with Gasteiger partial charge in [0.2, 0.25) is 11.6 Å². The Kier molecular flexibility index (Phi) is 18.8. The standard InChI is InChI=1S/2C27H27N5O2.C25H24N6O/c2*33-27(32-10-4-7-25(32)19-5-2-1-3-6-19)26-29-16-20(17-30-26)22-8-9-24-23(22)15-21(18-28-24)31-11-13-34-14-12-31;1-2-4-17(5-3-1)23-16-29-25(30-23)24-27-13-18(14-28-24)20-6-7-22-21(20)12-19(15-26-22)31-8-10-32-11-9-31/h2*1-3,5-6,8,15-18,25H,4,7,9-14H2;1-6,12-15,23H,7-11,16H2,(H,29,30)/t2*25-;23-/m101/s1. The van der Waals surface area contributed by atoms with Crippen molar-refractivity contribution in [2.24, 2.45) is 4.99 Å². The molecule has 21 nitrogen and oxygen atoms in total. The van der Waals surface area contributed by atoms with Gasteiger partial charge in [-0.3, -0.25) is 29.5 Å². The van der Waals surface area contributed by atoms with Gasteiger partial charge in [0.25, 0.3) is 11.8 Å². The molecule has 3 aliphatic carbocycles. The molecule has 0 radical (unpaired) electrons. The first-order chi connectivity index (χ1) is 49.4. The maximum atomic E-state index is 13.2. The van der Waals surface area contributed by atoms with Crippen molar-refractivity contribution >= 4 is 51.4 Å². The van der Waals surface area contributed by atoms with Gasteiger partial charge in [0, 0.05) is 142 Å². The monoisotopic (exact) mass is 1330 g/mol. The maximum absolute atomic E-state index is 13.2. The average Bonchev–Trinajstić information content (AvgIpc) is 1.58. The number of nitrogens with zero attached hydrogens (tertiary/aromatic N) is 15. The molecule has 9 aliphatic rings. The van der Waals surface area contributed by atoms with Crippen LogP contribution in [0.3, 0.4) is 0 Å². The van der Waals surface area contributed by atoms with Gasteiger partial charge in [0.05, 0.1) is 117 Å². The smallest absolute Gasteiger partial charge is 0.292 e. The van der Waals surface area contributed by atoms with Gasteiger partial charge >= 0.3 is 0 Å². The molecule has 3 aromatic carbocycles. The molecule has 100 heavy (non-hydrogen) atoms. The summed E-state index contributed by atoms with van der Waals surface area (Å²) in [6.45, 7) is 11.9. The van der Waals surface area contributed by atoms with E-state index in [2.05, 4.69) is 128 Å². The molecule has 2 amide bonds. The summed E-state index contributed by atoms with van der Waals surface area (Å²) in [7, 11) is 0. The number of morpholine rings is 3. The van der Waals surface area contributed by atoms with Crippen molar-refractivity contribution in [3.05, 3.63) is 268 Å². The maximum Gasteiger partial charge on any atom is 0.292 e. The lowest BCUT2D eigenvalue weighted by Gasteiger charge is -2.29. The van der Waals surface area contributed by atoms with E-state index in [1.165, 1.54) is 22.3 Å². The average molecular weight is 1330 g/mol. The molecule has 9 aromatic rings. The molecular weight excluding hydrogens is 1250 g/mol. The molecular formula is C79H78N16O5. The van der Waals surface area contributed by atoms with E-state index in [4.69, 9.17) is 29.2 Å². The fourth-order valence-corrected chi connectivity index (χ4v) is 14.9. The Bertz CT molecular complexity index is 4350. The quantitative estimate of drug-likeness (QED) is 0.120. The van der Waals surface area contributed by atoms with Crippen LogP contribution in [0.2, 0.25) is 0 Å². The van der Waals surface area contributed by atoms with Crippen LogP contribution in [0.4, 0.5) is 17.1 Å². The van der Waals surface area contributed by atoms with Gasteiger partial charge in [-0.1, -0.05) is 109 Å². The van der Waals surface area contributed by atoms with E-state index in [0.29, 0.717) is 12.4 Å². The van der Waals surface area contributed by atoms with Crippen molar-refractivity contribution in [1.82, 2.24) is 60.0 Å². The topological polar surface area (TPSA) is 218 Å². The van der Waals surface area contributed by atoms with E-state index < -0.39 is 0 Å². The highest BCUT2D eigenvalue weighted by Gasteiger charge is 2.35. The van der Waals surface area contributed by atoms with Crippen molar-refractivity contribution in [2.45, 2.75) is 63.1 Å².